The van der Waals surface area contributed by atoms with Crippen molar-refractivity contribution >= 4 is 17.5 Å². The largest absolute Gasteiger partial charge is 0.369 e. The second-order valence-corrected chi connectivity index (χ2v) is 3.53. The first-order chi connectivity index (χ1) is 9.31. The molecule has 96 valence electrons. The van der Waals surface area contributed by atoms with Crippen molar-refractivity contribution in [1.29, 1.82) is 5.26 Å². The Bertz CT molecular complexity index is 574. The van der Waals surface area contributed by atoms with E-state index in [1.165, 1.54) is 18.7 Å². The lowest BCUT2D eigenvalue weighted by Crippen LogP contribution is -2.14. The Hall–Kier alpha value is -2.79. The van der Waals surface area contributed by atoms with Crippen LogP contribution in [0.1, 0.15) is 5.69 Å². The van der Waals surface area contributed by atoms with E-state index in [1.807, 2.05) is 6.07 Å². The van der Waals surface area contributed by atoms with Gasteiger partial charge in [0.2, 0.25) is 0 Å². The SMILES string of the molecule is N#Cc1cnc(Nc2cc(NCCN)ncn2)cn1. The van der Waals surface area contributed by atoms with Gasteiger partial charge in [-0.05, 0) is 0 Å². The third-order valence-electron chi connectivity index (χ3n) is 2.14. The average Bonchev–Trinajstić information content (AvgIpc) is 2.46. The van der Waals surface area contributed by atoms with Crippen molar-refractivity contribution < 1.29 is 0 Å². The lowest BCUT2D eigenvalue weighted by Gasteiger charge is -2.06. The van der Waals surface area contributed by atoms with E-state index >= 15 is 0 Å². The van der Waals surface area contributed by atoms with Crippen LogP contribution in [0, 0.1) is 11.3 Å². The number of nitrogens with zero attached hydrogens (tertiary/aromatic N) is 5. The normalized spacial score (nSPS) is 9.68. The smallest absolute Gasteiger partial charge is 0.158 e. The van der Waals surface area contributed by atoms with E-state index in [0.29, 0.717) is 30.5 Å². The predicted molar refractivity (Wildman–Crippen MR) is 69.6 cm³/mol. The van der Waals surface area contributed by atoms with Crippen molar-refractivity contribution in [2.75, 3.05) is 23.7 Å². The van der Waals surface area contributed by atoms with Crippen LogP contribution in [-0.4, -0.2) is 33.0 Å². The zero-order valence-electron chi connectivity index (χ0n) is 10.0. The summed E-state index contributed by atoms with van der Waals surface area (Å²) in [6.07, 6.45) is 4.28. The van der Waals surface area contributed by atoms with E-state index in [-0.39, 0.29) is 5.69 Å². The zero-order chi connectivity index (χ0) is 13.5. The van der Waals surface area contributed by atoms with Crippen LogP contribution in [0.5, 0.6) is 0 Å². The van der Waals surface area contributed by atoms with Crippen LogP contribution in [-0.2, 0) is 0 Å². The van der Waals surface area contributed by atoms with Crippen LogP contribution in [0.4, 0.5) is 17.5 Å². The van der Waals surface area contributed by atoms with Gasteiger partial charge in [-0.1, -0.05) is 0 Å². The molecule has 0 radical (unpaired) electrons. The minimum Gasteiger partial charge on any atom is -0.369 e. The maximum Gasteiger partial charge on any atom is 0.158 e. The molecule has 2 rings (SSSR count). The van der Waals surface area contributed by atoms with Gasteiger partial charge in [-0.25, -0.2) is 19.9 Å². The molecule has 0 spiro atoms. The predicted octanol–water partition coefficient (Wildman–Crippen LogP) is 0.252. The summed E-state index contributed by atoms with van der Waals surface area (Å²) in [4.78, 5) is 16.1. The van der Waals surface area contributed by atoms with E-state index < -0.39 is 0 Å². The molecule has 0 amide bonds. The van der Waals surface area contributed by atoms with Crippen molar-refractivity contribution in [3.05, 3.63) is 30.5 Å². The van der Waals surface area contributed by atoms with Crippen LogP contribution in [0.2, 0.25) is 0 Å². The van der Waals surface area contributed by atoms with E-state index in [2.05, 4.69) is 30.6 Å². The van der Waals surface area contributed by atoms with Gasteiger partial charge in [-0.2, -0.15) is 5.26 Å². The summed E-state index contributed by atoms with van der Waals surface area (Å²) in [7, 11) is 0. The van der Waals surface area contributed by atoms with Crippen LogP contribution in [0.3, 0.4) is 0 Å². The first-order valence-electron chi connectivity index (χ1n) is 5.57. The second kappa shape index (κ2) is 6.23. The lowest BCUT2D eigenvalue weighted by atomic mass is 10.4. The highest BCUT2D eigenvalue weighted by Gasteiger charge is 2.01. The molecule has 2 aromatic rings. The molecule has 0 bridgehead atoms. The number of nitriles is 1. The Kier molecular flexibility index (Phi) is 4.15. The molecule has 19 heavy (non-hydrogen) atoms. The highest BCUT2D eigenvalue weighted by atomic mass is 15.1. The summed E-state index contributed by atoms with van der Waals surface area (Å²) in [6.45, 7) is 1.15. The Balaban J connectivity index is 2.07. The van der Waals surface area contributed by atoms with Gasteiger partial charge in [-0.15, -0.1) is 0 Å². The molecule has 0 fully saturated rings. The Morgan fingerprint density at radius 1 is 1.11 bits per heavy atom. The molecule has 0 aliphatic carbocycles. The molecule has 2 heterocycles. The molecule has 2 aromatic heterocycles. The number of anilines is 3. The van der Waals surface area contributed by atoms with Crippen molar-refractivity contribution in [3.8, 4) is 6.07 Å². The molecule has 0 atom stereocenters. The van der Waals surface area contributed by atoms with Gasteiger partial charge in [0, 0.05) is 19.2 Å². The number of rotatable bonds is 5. The Morgan fingerprint density at radius 3 is 2.63 bits per heavy atom. The minimum absolute atomic E-state index is 0.263. The van der Waals surface area contributed by atoms with Crippen LogP contribution < -0.4 is 16.4 Å². The fraction of sp³-hybridized carbons (Fsp3) is 0.182. The monoisotopic (exact) mass is 256 g/mol. The molecule has 8 heteroatoms. The second-order valence-electron chi connectivity index (χ2n) is 3.53. The molecular weight excluding hydrogens is 244 g/mol. The van der Waals surface area contributed by atoms with E-state index in [4.69, 9.17) is 11.0 Å². The van der Waals surface area contributed by atoms with Crippen molar-refractivity contribution in [2.45, 2.75) is 0 Å². The molecule has 4 N–H and O–H groups in total. The summed E-state index contributed by atoms with van der Waals surface area (Å²) >= 11 is 0. The average molecular weight is 256 g/mol. The summed E-state index contributed by atoms with van der Waals surface area (Å²) in [5, 5.41) is 14.6. The van der Waals surface area contributed by atoms with Gasteiger partial charge in [0.05, 0.1) is 12.4 Å². The van der Waals surface area contributed by atoms with Crippen molar-refractivity contribution in [2.24, 2.45) is 5.73 Å². The van der Waals surface area contributed by atoms with Gasteiger partial charge in [0.1, 0.15) is 29.9 Å². The van der Waals surface area contributed by atoms with Gasteiger partial charge < -0.3 is 16.4 Å². The van der Waals surface area contributed by atoms with Crippen molar-refractivity contribution in [3.63, 3.8) is 0 Å². The lowest BCUT2D eigenvalue weighted by molar-refractivity contribution is 1.00. The Labute approximate surface area is 109 Å². The topological polar surface area (TPSA) is 125 Å². The molecule has 8 nitrogen and oxygen atoms in total. The molecule has 0 aromatic carbocycles. The minimum atomic E-state index is 0.263. The quantitative estimate of drug-likeness (QED) is 0.695. The van der Waals surface area contributed by atoms with Crippen LogP contribution in [0.15, 0.2) is 24.8 Å². The molecule has 0 aliphatic rings. The highest BCUT2D eigenvalue weighted by Crippen LogP contribution is 2.13. The number of aromatic nitrogens is 4. The first-order valence-corrected chi connectivity index (χ1v) is 5.57. The molecule has 0 saturated carbocycles. The van der Waals surface area contributed by atoms with Crippen LogP contribution >= 0.6 is 0 Å². The number of hydrogen-bond acceptors (Lipinski definition) is 8. The Morgan fingerprint density at radius 2 is 1.95 bits per heavy atom. The molecular formula is C11H12N8. The van der Waals surface area contributed by atoms with Gasteiger partial charge in [-0.3, -0.25) is 0 Å². The summed E-state index contributed by atoms with van der Waals surface area (Å²) in [6, 6.07) is 3.63. The third kappa shape index (κ3) is 3.58. The first kappa shape index (κ1) is 12.7. The summed E-state index contributed by atoms with van der Waals surface area (Å²) in [5.74, 6) is 1.75. The molecule has 0 saturated heterocycles. The van der Waals surface area contributed by atoms with Gasteiger partial charge in [0.15, 0.2) is 5.69 Å². The summed E-state index contributed by atoms with van der Waals surface area (Å²) < 4.78 is 0. The number of nitrogens with two attached hydrogens (primary N) is 1. The standard InChI is InChI=1S/C11H12N8/c12-1-2-14-9-3-10(18-7-17-9)19-11-6-15-8(4-13)5-16-11/h3,5-7H,1-2,12H2,(H2,14,16,17,18,19). The number of hydrogen-bond donors (Lipinski definition) is 3. The fourth-order valence-electron chi connectivity index (χ4n) is 1.30. The fourth-order valence-corrected chi connectivity index (χ4v) is 1.30. The summed E-state index contributed by atoms with van der Waals surface area (Å²) in [5.41, 5.74) is 5.66. The molecule has 0 aliphatic heterocycles. The van der Waals surface area contributed by atoms with E-state index in [0.717, 1.165) is 0 Å². The van der Waals surface area contributed by atoms with E-state index in [1.54, 1.807) is 6.07 Å². The van der Waals surface area contributed by atoms with Crippen molar-refractivity contribution in [1.82, 2.24) is 19.9 Å². The zero-order valence-corrected chi connectivity index (χ0v) is 10.0. The van der Waals surface area contributed by atoms with Gasteiger partial charge in [0.25, 0.3) is 0 Å². The maximum atomic E-state index is 8.63. The maximum absolute atomic E-state index is 8.63. The van der Waals surface area contributed by atoms with Gasteiger partial charge >= 0.3 is 0 Å². The third-order valence-corrected chi connectivity index (χ3v) is 2.14. The highest BCUT2D eigenvalue weighted by molar-refractivity contribution is 5.54. The van der Waals surface area contributed by atoms with E-state index in [9.17, 15) is 0 Å². The van der Waals surface area contributed by atoms with Crippen LogP contribution in [0.25, 0.3) is 0 Å². The molecule has 0 unspecified atom stereocenters. The number of nitrogens with one attached hydrogen (secondary N) is 2.